The van der Waals surface area contributed by atoms with Crippen LogP contribution >= 0.6 is 0 Å². The second kappa shape index (κ2) is 5.29. The van der Waals surface area contributed by atoms with Crippen molar-refractivity contribution in [2.24, 2.45) is 0 Å². The molecule has 1 aromatic heterocycles. The Balaban J connectivity index is 1.85. The number of carboxylic acids is 1. The maximum Gasteiger partial charge on any atom is 0.335 e. The minimum Gasteiger partial charge on any atom is -0.478 e. The molecule has 0 aliphatic carbocycles. The van der Waals surface area contributed by atoms with Gasteiger partial charge in [0, 0.05) is 12.2 Å². The quantitative estimate of drug-likeness (QED) is 0.934. The molecule has 110 valence electrons. The summed E-state index contributed by atoms with van der Waals surface area (Å²) in [6, 6.07) is 6.34. The van der Waals surface area contributed by atoms with Gasteiger partial charge in [-0.2, -0.15) is 4.98 Å². The van der Waals surface area contributed by atoms with Crippen molar-refractivity contribution in [1.29, 1.82) is 0 Å². The highest BCUT2D eigenvalue weighted by Crippen LogP contribution is 2.33. The van der Waals surface area contributed by atoms with Gasteiger partial charge in [-0.1, -0.05) is 5.16 Å². The van der Waals surface area contributed by atoms with E-state index < -0.39 is 11.6 Å². The van der Waals surface area contributed by atoms with E-state index in [9.17, 15) is 4.79 Å². The molecule has 2 aromatic rings. The molecule has 21 heavy (non-hydrogen) atoms. The normalized spacial score (nSPS) is 22.1. The second-order valence-electron chi connectivity index (χ2n) is 5.34. The molecule has 0 amide bonds. The van der Waals surface area contributed by atoms with Gasteiger partial charge < -0.3 is 14.4 Å². The molecular weight excluding hydrogens is 272 g/mol. The number of nitrogens with zero attached hydrogens (tertiary/aromatic N) is 2. The average Bonchev–Trinajstić information content (AvgIpc) is 2.99. The summed E-state index contributed by atoms with van der Waals surface area (Å²) < 4.78 is 11.1. The van der Waals surface area contributed by atoms with Crippen molar-refractivity contribution in [2.45, 2.75) is 31.8 Å². The van der Waals surface area contributed by atoms with Gasteiger partial charge in [-0.25, -0.2) is 4.79 Å². The predicted molar refractivity (Wildman–Crippen MR) is 73.8 cm³/mol. The molecule has 0 bridgehead atoms. The Hall–Kier alpha value is -2.21. The van der Waals surface area contributed by atoms with Gasteiger partial charge in [0.15, 0.2) is 0 Å². The molecule has 6 nitrogen and oxygen atoms in total. The van der Waals surface area contributed by atoms with Crippen molar-refractivity contribution in [3.63, 3.8) is 0 Å². The highest BCUT2D eigenvalue weighted by Gasteiger charge is 2.35. The van der Waals surface area contributed by atoms with Crippen LogP contribution in [-0.2, 0) is 10.3 Å². The molecule has 2 heterocycles. The molecule has 1 N–H and O–H groups in total. The highest BCUT2D eigenvalue weighted by molar-refractivity contribution is 5.88. The fraction of sp³-hybridized carbons (Fsp3) is 0.400. The van der Waals surface area contributed by atoms with Crippen LogP contribution in [0.1, 0.15) is 42.4 Å². The molecule has 1 unspecified atom stereocenters. The smallest absolute Gasteiger partial charge is 0.335 e. The van der Waals surface area contributed by atoms with E-state index in [-0.39, 0.29) is 5.56 Å². The summed E-state index contributed by atoms with van der Waals surface area (Å²) in [4.78, 5) is 15.2. The van der Waals surface area contributed by atoms with E-state index in [1.54, 1.807) is 12.1 Å². The molecule has 1 aliphatic rings. The first-order valence-corrected chi connectivity index (χ1v) is 6.90. The molecule has 3 rings (SSSR count). The number of aromatic carboxylic acids is 1. The maximum absolute atomic E-state index is 10.8. The predicted octanol–water partition coefficient (Wildman–Crippen LogP) is 2.85. The molecule has 1 aromatic carbocycles. The van der Waals surface area contributed by atoms with Gasteiger partial charge >= 0.3 is 5.97 Å². The molecular formula is C15H16N2O4. The van der Waals surface area contributed by atoms with E-state index in [0.29, 0.717) is 23.9 Å². The van der Waals surface area contributed by atoms with Crippen LogP contribution in [0.2, 0.25) is 0 Å². The highest BCUT2D eigenvalue weighted by atomic mass is 16.5. The minimum atomic E-state index is -0.962. The fourth-order valence-corrected chi connectivity index (χ4v) is 2.42. The van der Waals surface area contributed by atoms with Gasteiger partial charge in [0.25, 0.3) is 5.89 Å². The summed E-state index contributed by atoms with van der Waals surface area (Å²) in [5.41, 5.74) is 0.417. The number of hydrogen-bond donors (Lipinski definition) is 1. The summed E-state index contributed by atoms with van der Waals surface area (Å²) >= 11 is 0. The zero-order chi connectivity index (χ0) is 14.9. The monoisotopic (exact) mass is 288 g/mol. The van der Waals surface area contributed by atoms with Crippen molar-refractivity contribution in [1.82, 2.24) is 10.1 Å². The third-order valence-electron chi connectivity index (χ3n) is 3.75. The molecule has 0 saturated carbocycles. The van der Waals surface area contributed by atoms with Gasteiger partial charge in [0.05, 0.1) is 5.56 Å². The summed E-state index contributed by atoms with van der Waals surface area (Å²) in [5.74, 6) is -0.0484. The van der Waals surface area contributed by atoms with Crippen LogP contribution in [0.3, 0.4) is 0 Å². The lowest BCUT2D eigenvalue weighted by Crippen LogP contribution is -2.31. The van der Waals surface area contributed by atoms with Gasteiger partial charge in [-0.15, -0.1) is 0 Å². The first kappa shape index (κ1) is 13.8. The Labute approximate surface area is 121 Å². The van der Waals surface area contributed by atoms with E-state index in [1.165, 1.54) is 12.1 Å². The van der Waals surface area contributed by atoms with Crippen molar-refractivity contribution in [3.05, 3.63) is 35.7 Å². The van der Waals surface area contributed by atoms with Crippen LogP contribution < -0.4 is 0 Å². The number of benzene rings is 1. The van der Waals surface area contributed by atoms with Crippen LogP contribution in [-0.4, -0.2) is 27.8 Å². The Bertz CT molecular complexity index is 642. The minimum absolute atomic E-state index is 0.223. The van der Waals surface area contributed by atoms with Crippen LogP contribution in [0.25, 0.3) is 11.5 Å². The topological polar surface area (TPSA) is 85.5 Å². The Kier molecular flexibility index (Phi) is 3.47. The van der Waals surface area contributed by atoms with E-state index >= 15 is 0 Å². The van der Waals surface area contributed by atoms with E-state index in [0.717, 1.165) is 19.3 Å². The number of hydrogen-bond acceptors (Lipinski definition) is 5. The summed E-state index contributed by atoms with van der Waals surface area (Å²) in [7, 11) is 0. The largest absolute Gasteiger partial charge is 0.478 e. The standard InChI is InChI=1S/C15H16N2O4/c1-15(8-2-3-9-20-15)14-16-12(21-17-14)10-4-6-11(7-5-10)13(18)19/h4-7H,2-3,8-9H2,1H3,(H,18,19). The number of carboxylic acid groups (broad SMARTS) is 1. The third kappa shape index (κ3) is 2.67. The van der Waals surface area contributed by atoms with Gasteiger partial charge in [-0.05, 0) is 50.5 Å². The Morgan fingerprint density at radius 1 is 1.29 bits per heavy atom. The maximum atomic E-state index is 10.8. The van der Waals surface area contributed by atoms with E-state index in [2.05, 4.69) is 10.1 Å². The first-order chi connectivity index (χ1) is 10.1. The zero-order valence-corrected chi connectivity index (χ0v) is 11.7. The molecule has 6 heteroatoms. The summed E-state index contributed by atoms with van der Waals surface area (Å²) in [6.07, 6.45) is 2.99. The molecule has 1 aliphatic heterocycles. The Morgan fingerprint density at radius 2 is 2.05 bits per heavy atom. The van der Waals surface area contributed by atoms with Gasteiger partial charge in [0.1, 0.15) is 5.60 Å². The van der Waals surface area contributed by atoms with Gasteiger partial charge in [0.2, 0.25) is 5.82 Å². The number of ether oxygens (including phenoxy) is 1. The lowest BCUT2D eigenvalue weighted by molar-refractivity contribution is -0.0770. The van der Waals surface area contributed by atoms with Crippen molar-refractivity contribution in [3.8, 4) is 11.5 Å². The summed E-state index contributed by atoms with van der Waals surface area (Å²) in [6.45, 7) is 2.67. The fourth-order valence-electron chi connectivity index (χ4n) is 2.42. The average molecular weight is 288 g/mol. The van der Waals surface area contributed by atoms with Crippen LogP contribution in [0.5, 0.6) is 0 Å². The van der Waals surface area contributed by atoms with Crippen molar-refractivity contribution < 1.29 is 19.2 Å². The van der Waals surface area contributed by atoms with Crippen molar-refractivity contribution in [2.75, 3.05) is 6.61 Å². The summed E-state index contributed by atoms with van der Waals surface area (Å²) in [5, 5.41) is 12.9. The second-order valence-corrected chi connectivity index (χ2v) is 5.34. The third-order valence-corrected chi connectivity index (χ3v) is 3.75. The van der Waals surface area contributed by atoms with Crippen LogP contribution in [0.15, 0.2) is 28.8 Å². The van der Waals surface area contributed by atoms with Crippen molar-refractivity contribution >= 4 is 5.97 Å². The van der Waals surface area contributed by atoms with Crippen LogP contribution in [0.4, 0.5) is 0 Å². The molecule has 1 fully saturated rings. The SMILES string of the molecule is CC1(c2noc(-c3ccc(C(=O)O)cc3)n2)CCCCO1. The molecule has 1 atom stereocenters. The number of rotatable bonds is 3. The molecule has 0 radical (unpaired) electrons. The van der Waals surface area contributed by atoms with Gasteiger partial charge in [-0.3, -0.25) is 0 Å². The van der Waals surface area contributed by atoms with E-state index in [4.69, 9.17) is 14.4 Å². The zero-order valence-electron chi connectivity index (χ0n) is 11.7. The lowest BCUT2D eigenvalue weighted by Gasteiger charge is -2.30. The van der Waals surface area contributed by atoms with Crippen LogP contribution in [0, 0.1) is 0 Å². The number of carbonyl (C=O) groups is 1. The Morgan fingerprint density at radius 3 is 2.67 bits per heavy atom. The molecule has 1 saturated heterocycles. The molecule has 0 spiro atoms. The number of aromatic nitrogens is 2. The van der Waals surface area contributed by atoms with E-state index in [1.807, 2.05) is 6.92 Å². The lowest BCUT2D eigenvalue weighted by atomic mass is 9.95. The first-order valence-electron chi connectivity index (χ1n) is 6.90.